The molecule has 2 N–H and O–H groups in total. The van der Waals surface area contributed by atoms with E-state index in [1.165, 1.54) is 6.92 Å². The number of hydrogen-bond acceptors (Lipinski definition) is 5. The summed E-state index contributed by atoms with van der Waals surface area (Å²) in [5.41, 5.74) is 1.70. The van der Waals surface area contributed by atoms with Gasteiger partial charge in [-0.2, -0.15) is 5.10 Å². The largest absolute Gasteiger partial charge is 0.453 e. The van der Waals surface area contributed by atoms with Crippen LogP contribution < -0.4 is 10.6 Å². The fraction of sp³-hybridized carbons (Fsp3) is 0.400. The molecular formula is C20H24F2N4O4. The molecule has 2 rings (SSSR count). The van der Waals surface area contributed by atoms with Gasteiger partial charge in [0, 0.05) is 26.1 Å². The summed E-state index contributed by atoms with van der Waals surface area (Å²) in [6.45, 7) is 5.09. The summed E-state index contributed by atoms with van der Waals surface area (Å²) in [5, 5.41) is 9.33. The molecule has 0 fully saturated rings. The Balaban J connectivity index is 1.74. The van der Waals surface area contributed by atoms with Crippen molar-refractivity contribution >= 4 is 23.5 Å². The van der Waals surface area contributed by atoms with Crippen LogP contribution in [0.5, 0.6) is 0 Å². The van der Waals surface area contributed by atoms with Crippen molar-refractivity contribution in [3.05, 3.63) is 46.8 Å². The molecule has 8 nitrogen and oxygen atoms in total. The lowest BCUT2D eigenvalue weighted by atomic mass is 10.2. The highest BCUT2D eigenvalue weighted by atomic mass is 19.1. The first-order valence-electron chi connectivity index (χ1n) is 9.34. The summed E-state index contributed by atoms with van der Waals surface area (Å²) < 4.78 is 33.2. The first-order valence-corrected chi connectivity index (χ1v) is 9.34. The first kappa shape index (κ1) is 23.0. The van der Waals surface area contributed by atoms with Gasteiger partial charge in [0.2, 0.25) is 0 Å². The highest BCUT2D eigenvalue weighted by Gasteiger charge is 2.21. The van der Waals surface area contributed by atoms with Gasteiger partial charge in [0.25, 0.3) is 11.8 Å². The Hall–Kier alpha value is -3.30. The van der Waals surface area contributed by atoms with E-state index >= 15 is 0 Å². The number of aryl methyl sites for hydroxylation is 2. The lowest BCUT2D eigenvalue weighted by Gasteiger charge is -2.14. The van der Waals surface area contributed by atoms with Crippen LogP contribution in [0.2, 0.25) is 0 Å². The number of rotatable bonds is 8. The third-order valence-electron chi connectivity index (χ3n) is 4.45. The zero-order chi connectivity index (χ0) is 22.4. The standard InChI is InChI=1S/C20H24F2N4O4/c1-11-18(12(2)26(4)25-11)24-19(28)13(3)30-17(27)6-5-9-23-20(29)15-8-7-14(21)10-16(15)22/h7-8,10,13H,5-6,9H2,1-4H3,(H,23,29)(H,24,28). The number of carbonyl (C=O) groups is 3. The van der Waals surface area contributed by atoms with E-state index in [0.29, 0.717) is 17.4 Å². The number of carbonyl (C=O) groups excluding carboxylic acids is 3. The van der Waals surface area contributed by atoms with Gasteiger partial charge in [0.15, 0.2) is 6.10 Å². The molecule has 0 saturated carbocycles. The van der Waals surface area contributed by atoms with Gasteiger partial charge in [-0.1, -0.05) is 0 Å². The van der Waals surface area contributed by atoms with Crippen molar-refractivity contribution in [2.24, 2.45) is 7.05 Å². The maximum atomic E-state index is 13.5. The number of nitrogens with zero attached hydrogens (tertiary/aromatic N) is 2. The minimum atomic E-state index is -1.01. The molecular weight excluding hydrogens is 398 g/mol. The highest BCUT2D eigenvalue weighted by Crippen LogP contribution is 2.18. The van der Waals surface area contributed by atoms with Crippen molar-refractivity contribution in [2.75, 3.05) is 11.9 Å². The highest BCUT2D eigenvalue weighted by molar-refractivity contribution is 5.96. The van der Waals surface area contributed by atoms with Gasteiger partial charge in [-0.25, -0.2) is 8.78 Å². The lowest BCUT2D eigenvalue weighted by molar-refractivity contribution is -0.153. The van der Waals surface area contributed by atoms with Crippen molar-refractivity contribution in [3.63, 3.8) is 0 Å². The zero-order valence-electron chi connectivity index (χ0n) is 17.2. The topological polar surface area (TPSA) is 102 Å². The van der Waals surface area contributed by atoms with E-state index in [1.807, 2.05) is 0 Å². The number of amides is 2. The van der Waals surface area contributed by atoms with Crippen LogP contribution >= 0.6 is 0 Å². The molecule has 1 aromatic carbocycles. The maximum Gasteiger partial charge on any atom is 0.306 e. The number of esters is 1. The molecule has 1 heterocycles. The van der Waals surface area contributed by atoms with Crippen LogP contribution in [0, 0.1) is 25.5 Å². The Labute approximate surface area is 172 Å². The van der Waals surface area contributed by atoms with Gasteiger partial charge in [-0.3, -0.25) is 19.1 Å². The monoisotopic (exact) mass is 422 g/mol. The van der Waals surface area contributed by atoms with Crippen molar-refractivity contribution in [3.8, 4) is 0 Å². The van der Waals surface area contributed by atoms with Gasteiger partial charge in [-0.15, -0.1) is 0 Å². The predicted molar refractivity (Wildman–Crippen MR) is 105 cm³/mol. The third kappa shape index (κ3) is 5.85. The fourth-order valence-corrected chi connectivity index (χ4v) is 2.69. The van der Waals surface area contributed by atoms with E-state index in [2.05, 4.69) is 15.7 Å². The van der Waals surface area contributed by atoms with E-state index in [-0.39, 0.29) is 24.9 Å². The smallest absolute Gasteiger partial charge is 0.306 e. The SMILES string of the molecule is Cc1nn(C)c(C)c1NC(=O)C(C)OC(=O)CCCNC(=O)c1ccc(F)cc1F. The van der Waals surface area contributed by atoms with E-state index in [4.69, 9.17) is 4.74 Å². The van der Waals surface area contributed by atoms with Crippen LogP contribution in [0.25, 0.3) is 0 Å². The van der Waals surface area contributed by atoms with Crippen LogP contribution in [0.1, 0.15) is 41.5 Å². The Morgan fingerprint density at radius 3 is 2.53 bits per heavy atom. The van der Waals surface area contributed by atoms with Crippen molar-refractivity contribution in [2.45, 2.75) is 39.7 Å². The van der Waals surface area contributed by atoms with E-state index in [9.17, 15) is 23.2 Å². The second-order valence-corrected chi connectivity index (χ2v) is 6.77. The van der Waals surface area contributed by atoms with Crippen LogP contribution in [0.4, 0.5) is 14.5 Å². The molecule has 162 valence electrons. The third-order valence-corrected chi connectivity index (χ3v) is 4.45. The molecule has 1 aromatic heterocycles. The summed E-state index contributed by atoms with van der Waals surface area (Å²) in [4.78, 5) is 36.0. The second kappa shape index (κ2) is 9.95. The molecule has 0 aliphatic heterocycles. The molecule has 0 radical (unpaired) electrons. The number of halogens is 2. The number of benzene rings is 1. The summed E-state index contributed by atoms with van der Waals surface area (Å²) in [6, 6.07) is 2.64. The zero-order valence-corrected chi connectivity index (χ0v) is 17.2. The first-order chi connectivity index (χ1) is 14.1. The number of ether oxygens (including phenoxy) is 1. The minimum Gasteiger partial charge on any atom is -0.453 e. The molecule has 0 bridgehead atoms. The van der Waals surface area contributed by atoms with Gasteiger partial charge in [0.1, 0.15) is 11.6 Å². The lowest BCUT2D eigenvalue weighted by Crippen LogP contribution is -2.31. The molecule has 2 aromatic rings. The normalized spacial score (nSPS) is 11.7. The Bertz CT molecular complexity index is 959. The predicted octanol–water partition coefficient (Wildman–Crippen LogP) is 2.40. The molecule has 1 atom stereocenters. The minimum absolute atomic E-state index is 0.0469. The maximum absolute atomic E-state index is 13.5. The molecule has 0 spiro atoms. The van der Waals surface area contributed by atoms with E-state index < -0.39 is 35.5 Å². The van der Waals surface area contributed by atoms with Gasteiger partial charge in [-0.05, 0) is 39.3 Å². The number of anilines is 1. The molecule has 1 unspecified atom stereocenters. The molecule has 0 aliphatic carbocycles. The van der Waals surface area contributed by atoms with Crippen LogP contribution in [0.3, 0.4) is 0 Å². The average Bonchev–Trinajstić information content (AvgIpc) is 2.91. The summed E-state index contributed by atoms with van der Waals surface area (Å²) in [7, 11) is 1.75. The molecule has 30 heavy (non-hydrogen) atoms. The summed E-state index contributed by atoms with van der Waals surface area (Å²) in [6.07, 6.45) is -0.837. The van der Waals surface area contributed by atoms with E-state index in [0.717, 1.165) is 17.8 Å². The quantitative estimate of drug-likeness (QED) is 0.502. The summed E-state index contributed by atoms with van der Waals surface area (Å²) in [5.74, 6) is -3.55. The van der Waals surface area contributed by atoms with E-state index in [1.54, 1.807) is 25.6 Å². The van der Waals surface area contributed by atoms with Crippen LogP contribution in [-0.2, 0) is 21.4 Å². The number of aromatic nitrogens is 2. The molecule has 0 aliphatic rings. The van der Waals surface area contributed by atoms with Crippen molar-refractivity contribution in [1.29, 1.82) is 0 Å². The van der Waals surface area contributed by atoms with Crippen LogP contribution in [-0.4, -0.2) is 40.2 Å². The van der Waals surface area contributed by atoms with Crippen molar-refractivity contribution in [1.82, 2.24) is 15.1 Å². The number of nitrogens with one attached hydrogen (secondary N) is 2. The second-order valence-electron chi connectivity index (χ2n) is 6.77. The van der Waals surface area contributed by atoms with Gasteiger partial charge in [0.05, 0.1) is 22.6 Å². The number of hydrogen-bond donors (Lipinski definition) is 2. The molecule has 2 amide bonds. The Kier molecular flexibility index (Phi) is 7.62. The molecule has 0 saturated heterocycles. The molecule has 10 heteroatoms. The Morgan fingerprint density at radius 1 is 1.23 bits per heavy atom. The van der Waals surface area contributed by atoms with Crippen LogP contribution in [0.15, 0.2) is 18.2 Å². The Morgan fingerprint density at radius 2 is 1.93 bits per heavy atom. The van der Waals surface area contributed by atoms with Crippen molar-refractivity contribution < 1.29 is 27.9 Å². The fourth-order valence-electron chi connectivity index (χ4n) is 2.69. The van der Waals surface area contributed by atoms with Gasteiger partial charge < -0.3 is 15.4 Å². The average molecular weight is 422 g/mol. The van der Waals surface area contributed by atoms with Gasteiger partial charge >= 0.3 is 5.97 Å². The summed E-state index contributed by atoms with van der Waals surface area (Å²) >= 11 is 0.